The summed E-state index contributed by atoms with van der Waals surface area (Å²) in [6.07, 6.45) is 1.37. The lowest BCUT2D eigenvalue weighted by Crippen LogP contribution is -2.41. The number of esters is 1. The van der Waals surface area contributed by atoms with Crippen LogP contribution in [0, 0.1) is 29.6 Å². The fraction of sp³-hybridized carbons (Fsp3) is 0.625. The Morgan fingerprint density at radius 1 is 1.21 bits per heavy atom. The third-order valence-electron chi connectivity index (χ3n) is 4.43. The van der Waals surface area contributed by atoms with E-state index in [2.05, 4.69) is 0 Å². The van der Waals surface area contributed by atoms with Gasteiger partial charge in [-0.3, -0.25) is 19.2 Å². The van der Waals surface area contributed by atoms with Crippen LogP contribution >= 0.6 is 0 Å². The molecule has 0 aromatic heterocycles. The molecule has 0 aliphatic heterocycles. The van der Waals surface area contributed by atoms with E-state index in [1.807, 2.05) is 0 Å². The lowest BCUT2D eigenvalue weighted by atomic mass is 9.68. The second kappa shape index (κ2) is 7.94. The molecule has 0 spiro atoms. The van der Waals surface area contributed by atoms with Gasteiger partial charge in [0.25, 0.3) is 0 Å². The Morgan fingerprint density at radius 2 is 1.79 bits per heavy atom. The van der Waals surface area contributed by atoms with Gasteiger partial charge >= 0.3 is 23.9 Å². The summed E-state index contributed by atoms with van der Waals surface area (Å²) >= 11 is 0. The number of hydrogen-bond acceptors (Lipinski definition) is 5. The second-order valence-electron chi connectivity index (χ2n) is 5.98. The zero-order valence-corrected chi connectivity index (χ0v) is 13.8. The van der Waals surface area contributed by atoms with Crippen molar-refractivity contribution in [1.82, 2.24) is 0 Å². The molecule has 0 aromatic rings. The minimum absolute atomic E-state index is 0.0667. The maximum atomic E-state index is 12.2. The highest BCUT2D eigenvalue weighted by molar-refractivity contribution is 5.84. The number of carboxylic acids is 3. The van der Waals surface area contributed by atoms with Crippen LogP contribution in [0.4, 0.5) is 0 Å². The number of allylic oxidation sites excluding steroid dienone is 1. The molecule has 0 heterocycles. The van der Waals surface area contributed by atoms with E-state index in [1.54, 1.807) is 6.92 Å². The molecule has 1 rings (SSSR count). The Labute approximate surface area is 139 Å². The number of carbonyl (C=O) groups is 4. The molecule has 134 valence electrons. The zero-order chi connectivity index (χ0) is 18.6. The molecule has 0 saturated carbocycles. The predicted octanol–water partition coefficient (Wildman–Crippen LogP) is 1.25. The molecule has 5 unspecified atom stereocenters. The molecule has 24 heavy (non-hydrogen) atoms. The van der Waals surface area contributed by atoms with Gasteiger partial charge in [0.1, 0.15) is 0 Å². The monoisotopic (exact) mass is 342 g/mol. The number of carboxylic acid groups (broad SMARTS) is 3. The highest BCUT2D eigenvalue weighted by Gasteiger charge is 2.45. The quantitative estimate of drug-likeness (QED) is 0.464. The molecular weight excluding hydrogens is 320 g/mol. The Morgan fingerprint density at radius 3 is 2.21 bits per heavy atom. The average molecular weight is 342 g/mol. The van der Waals surface area contributed by atoms with Gasteiger partial charge in [-0.25, -0.2) is 0 Å². The predicted molar refractivity (Wildman–Crippen MR) is 81.0 cm³/mol. The molecule has 0 radical (unpaired) electrons. The molecule has 3 N–H and O–H groups in total. The van der Waals surface area contributed by atoms with E-state index in [9.17, 15) is 34.5 Å². The molecule has 8 heteroatoms. The van der Waals surface area contributed by atoms with Crippen LogP contribution < -0.4 is 0 Å². The molecule has 0 aromatic carbocycles. The molecule has 1 aliphatic carbocycles. The van der Waals surface area contributed by atoms with Gasteiger partial charge in [-0.1, -0.05) is 18.6 Å². The van der Waals surface area contributed by atoms with Crippen molar-refractivity contribution in [2.45, 2.75) is 27.2 Å². The Hall–Kier alpha value is -2.38. The summed E-state index contributed by atoms with van der Waals surface area (Å²) < 4.78 is 4.94. The van der Waals surface area contributed by atoms with E-state index >= 15 is 0 Å². The number of ether oxygens (including phenoxy) is 1. The average Bonchev–Trinajstić information content (AvgIpc) is 2.46. The van der Waals surface area contributed by atoms with E-state index < -0.39 is 53.5 Å². The zero-order valence-electron chi connectivity index (χ0n) is 13.8. The highest BCUT2D eigenvalue weighted by Crippen LogP contribution is 2.40. The van der Waals surface area contributed by atoms with Gasteiger partial charge in [-0.2, -0.15) is 0 Å². The van der Waals surface area contributed by atoms with Gasteiger partial charge in [0.2, 0.25) is 0 Å². The second-order valence-corrected chi connectivity index (χ2v) is 5.98. The third kappa shape index (κ3) is 4.12. The Bertz CT molecular complexity index is 564. The van der Waals surface area contributed by atoms with Gasteiger partial charge < -0.3 is 20.1 Å². The number of hydrogen-bond donors (Lipinski definition) is 3. The largest absolute Gasteiger partial charge is 0.481 e. The van der Waals surface area contributed by atoms with Crippen LogP contribution in [0.5, 0.6) is 0 Å². The molecule has 0 amide bonds. The minimum atomic E-state index is -1.29. The highest BCUT2D eigenvalue weighted by atomic mass is 16.5. The fourth-order valence-corrected chi connectivity index (χ4v) is 3.26. The number of aliphatic carboxylic acids is 3. The fourth-order valence-electron chi connectivity index (χ4n) is 3.26. The van der Waals surface area contributed by atoms with E-state index in [1.165, 1.54) is 19.9 Å². The summed E-state index contributed by atoms with van der Waals surface area (Å²) in [6.45, 7) is 4.49. The summed E-state index contributed by atoms with van der Waals surface area (Å²) in [4.78, 5) is 46.3. The van der Waals surface area contributed by atoms with Crippen LogP contribution in [-0.4, -0.2) is 45.8 Å². The van der Waals surface area contributed by atoms with E-state index in [0.717, 1.165) is 0 Å². The molecule has 0 saturated heterocycles. The van der Waals surface area contributed by atoms with Gasteiger partial charge in [0.15, 0.2) is 0 Å². The van der Waals surface area contributed by atoms with Crippen LogP contribution in [0.2, 0.25) is 0 Å². The smallest absolute Gasteiger partial charge is 0.311 e. The SMILES string of the molecule is CCOC(=O)C(C1C=C(C)C(C(=O)O)C(C(=O)O)C1)C(C)C(=O)O. The van der Waals surface area contributed by atoms with Crippen molar-refractivity contribution in [2.24, 2.45) is 29.6 Å². The molecule has 8 nitrogen and oxygen atoms in total. The van der Waals surface area contributed by atoms with Crippen LogP contribution in [0.3, 0.4) is 0 Å². The third-order valence-corrected chi connectivity index (χ3v) is 4.43. The first kappa shape index (κ1) is 19.7. The molecule has 0 bridgehead atoms. The Balaban J connectivity index is 3.28. The summed E-state index contributed by atoms with van der Waals surface area (Å²) in [5.74, 6) is -9.77. The maximum absolute atomic E-state index is 12.2. The van der Waals surface area contributed by atoms with E-state index in [0.29, 0.717) is 5.57 Å². The van der Waals surface area contributed by atoms with Gasteiger partial charge in [-0.05, 0) is 26.2 Å². The molecule has 0 fully saturated rings. The van der Waals surface area contributed by atoms with Crippen molar-refractivity contribution in [3.05, 3.63) is 11.6 Å². The van der Waals surface area contributed by atoms with Crippen molar-refractivity contribution >= 4 is 23.9 Å². The maximum Gasteiger partial charge on any atom is 0.311 e. The van der Waals surface area contributed by atoms with Crippen LogP contribution in [-0.2, 0) is 23.9 Å². The van der Waals surface area contributed by atoms with Crippen molar-refractivity contribution in [1.29, 1.82) is 0 Å². The Kier molecular flexibility index (Phi) is 6.51. The van der Waals surface area contributed by atoms with Crippen LogP contribution in [0.25, 0.3) is 0 Å². The summed E-state index contributed by atoms with van der Waals surface area (Å²) in [6, 6.07) is 0. The summed E-state index contributed by atoms with van der Waals surface area (Å²) in [5, 5.41) is 27.8. The van der Waals surface area contributed by atoms with Crippen molar-refractivity contribution < 1.29 is 39.2 Å². The van der Waals surface area contributed by atoms with Crippen molar-refractivity contribution in [2.75, 3.05) is 6.61 Å². The summed E-state index contributed by atoms with van der Waals surface area (Å²) in [5.41, 5.74) is 0.304. The molecule has 1 aliphatic rings. The minimum Gasteiger partial charge on any atom is -0.481 e. The van der Waals surface area contributed by atoms with Gasteiger partial charge in [-0.15, -0.1) is 0 Å². The van der Waals surface area contributed by atoms with Crippen LogP contribution in [0.15, 0.2) is 11.6 Å². The van der Waals surface area contributed by atoms with Gasteiger partial charge in [0.05, 0.1) is 30.3 Å². The topological polar surface area (TPSA) is 138 Å². The summed E-state index contributed by atoms with van der Waals surface area (Å²) in [7, 11) is 0. The molecule has 5 atom stereocenters. The molecular formula is C16H22O8. The number of carbonyl (C=O) groups excluding carboxylic acids is 1. The van der Waals surface area contributed by atoms with Crippen LogP contribution in [0.1, 0.15) is 27.2 Å². The van der Waals surface area contributed by atoms with Crippen molar-refractivity contribution in [3.8, 4) is 0 Å². The van der Waals surface area contributed by atoms with Crippen molar-refractivity contribution in [3.63, 3.8) is 0 Å². The van der Waals surface area contributed by atoms with E-state index in [4.69, 9.17) is 4.74 Å². The standard InChI is InChI=1S/C16H22O8/c1-4-24-16(23)12(8(3)13(17)18)9-5-7(2)11(15(21)22)10(6-9)14(19)20/h5,8-12H,4,6H2,1-3H3,(H,17,18)(H,19,20)(H,21,22). The lowest BCUT2D eigenvalue weighted by Gasteiger charge is -2.34. The lowest BCUT2D eigenvalue weighted by molar-refractivity contribution is -0.160. The van der Waals surface area contributed by atoms with Gasteiger partial charge in [0, 0.05) is 0 Å². The normalized spacial score (nSPS) is 26.0. The first-order valence-electron chi connectivity index (χ1n) is 7.65. The first-order chi connectivity index (χ1) is 11.1. The van der Waals surface area contributed by atoms with E-state index in [-0.39, 0.29) is 13.0 Å². The first-order valence-corrected chi connectivity index (χ1v) is 7.65. The number of rotatable bonds is 7.